The highest BCUT2D eigenvalue weighted by Crippen LogP contribution is 2.28. The normalized spacial score (nSPS) is 16.3. The SMILES string of the molecule is Brc1ccc2[nH]cc(CCCCN3CCC(c4ccccc4)CC3)c2c1. The number of likely N-dealkylation sites (tertiary alicyclic amines) is 1. The Balaban J connectivity index is 1.21. The standard InChI is InChI=1S/C23H27BrN2/c24-21-9-10-23-22(16-21)20(17-25-23)8-4-5-13-26-14-11-19(12-15-26)18-6-2-1-3-7-18/h1-3,6-7,9-10,16-17,19,25H,4-5,8,11-15H2. The Hall–Kier alpha value is -1.58. The van der Waals surface area contributed by atoms with Gasteiger partial charge in [-0.15, -0.1) is 0 Å². The monoisotopic (exact) mass is 410 g/mol. The van der Waals surface area contributed by atoms with Crippen LogP contribution in [0, 0.1) is 0 Å². The minimum atomic E-state index is 0.761. The molecule has 3 heteroatoms. The Morgan fingerprint density at radius 2 is 1.81 bits per heavy atom. The molecule has 1 saturated heterocycles. The summed E-state index contributed by atoms with van der Waals surface area (Å²) in [6.45, 7) is 3.74. The number of nitrogens with zero attached hydrogens (tertiary/aromatic N) is 1. The second-order valence-corrected chi connectivity index (χ2v) is 8.40. The second-order valence-electron chi connectivity index (χ2n) is 7.49. The number of rotatable bonds is 6. The van der Waals surface area contributed by atoms with Gasteiger partial charge in [0.2, 0.25) is 0 Å². The quantitative estimate of drug-likeness (QED) is 0.483. The van der Waals surface area contributed by atoms with E-state index in [2.05, 4.69) is 80.5 Å². The minimum absolute atomic E-state index is 0.761. The van der Waals surface area contributed by atoms with E-state index in [4.69, 9.17) is 0 Å². The number of unbranched alkanes of at least 4 members (excludes halogenated alkanes) is 1. The van der Waals surface area contributed by atoms with Gasteiger partial charge in [0.15, 0.2) is 0 Å². The highest BCUT2D eigenvalue weighted by Gasteiger charge is 2.19. The summed E-state index contributed by atoms with van der Waals surface area (Å²) in [7, 11) is 0. The molecule has 2 aromatic carbocycles. The summed E-state index contributed by atoms with van der Waals surface area (Å²) in [6.07, 6.45) is 8.51. The number of halogens is 1. The summed E-state index contributed by atoms with van der Waals surface area (Å²) < 4.78 is 1.16. The van der Waals surface area contributed by atoms with Gasteiger partial charge in [-0.3, -0.25) is 0 Å². The van der Waals surface area contributed by atoms with Crippen molar-refractivity contribution in [1.82, 2.24) is 9.88 Å². The highest BCUT2D eigenvalue weighted by atomic mass is 79.9. The van der Waals surface area contributed by atoms with Crippen molar-refractivity contribution >= 4 is 26.8 Å². The molecule has 1 N–H and O–H groups in total. The van der Waals surface area contributed by atoms with E-state index in [0.717, 1.165) is 16.8 Å². The fraction of sp³-hybridized carbons (Fsp3) is 0.391. The summed E-state index contributed by atoms with van der Waals surface area (Å²) in [5.41, 5.74) is 4.22. The van der Waals surface area contributed by atoms with Gasteiger partial charge in [0.05, 0.1) is 0 Å². The number of H-pyrrole nitrogens is 1. The van der Waals surface area contributed by atoms with Gasteiger partial charge in [0, 0.05) is 21.6 Å². The van der Waals surface area contributed by atoms with Crippen molar-refractivity contribution in [2.24, 2.45) is 0 Å². The van der Waals surface area contributed by atoms with Gasteiger partial charge in [-0.2, -0.15) is 0 Å². The van der Waals surface area contributed by atoms with E-state index in [1.165, 1.54) is 67.3 Å². The molecule has 0 unspecified atom stereocenters. The molecular formula is C23H27BrN2. The van der Waals surface area contributed by atoms with Gasteiger partial charge in [-0.25, -0.2) is 0 Å². The minimum Gasteiger partial charge on any atom is -0.361 e. The zero-order valence-corrected chi connectivity index (χ0v) is 16.8. The van der Waals surface area contributed by atoms with E-state index in [1.54, 1.807) is 0 Å². The van der Waals surface area contributed by atoms with Crippen LogP contribution in [0.1, 0.15) is 42.7 Å². The number of piperidine rings is 1. The van der Waals surface area contributed by atoms with Crippen molar-refractivity contribution in [2.75, 3.05) is 19.6 Å². The van der Waals surface area contributed by atoms with E-state index in [0.29, 0.717) is 0 Å². The van der Waals surface area contributed by atoms with Crippen LogP contribution in [0.25, 0.3) is 10.9 Å². The van der Waals surface area contributed by atoms with E-state index in [1.807, 2.05) is 0 Å². The molecule has 2 nitrogen and oxygen atoms in total. The zero-order valence-electron chi connectivity index (χ0n) is 15.3. The Bertz CT molecular complexity index is 832. The van der Waals surface area contributed by atoms with Gasteiger partial charge >= 0.3 is 0 Å². The Morgan fingerprint density at radius 3 is 2.62 bits per heavy atom. The molecule has 0 amide bonds. The lowest BCUT2D eigenvalue weighted by Crippen LogP contribution is -2.33. The number of nitrogens with one attached hydrogen (secondary N) is 1. The van der Waals surface area contributed by atoms with Crippen molar-refractivity contribution in [2.45, 2.75) is 38.0 Å². The first-order valence-corrected chi connectivity index (χ1v) is 10.6. The number of aryl methyl sites for hydroxylation is 1. The van der Waals surface area contributed by atoms with Gasteiger partial charge in [-0.1, -0.05) is 46.3 Å². The fourth-order valence-corrected chi connectivity index (χ4v) is 4.58. The Morgan fingerprint density at radius 1 is 1.00 bits per heavy atom. The third-order valence-electron chi connectivity index (χ3n) is 5.76. The molecule has 0 bridgehead atoms. The van der Waals surface area contributed by atoms with Crippen LogP contribution in [0.2, 0.25) is 0 Å². The predicted octanol–water partition coefficient (Wildman–Crippen LogP) is 6.13. The Kier molecular flexibility index (Phi) is 5.76. The fourth-order valence-electron chi connectivity index (χ4n) is 4.22. The topological polar surface area (TPSA) is 19.0 Å². The molecule has 1 aliphatic heterocycles. The van der Waals surface area contributed by atoms with E-state index in [9.17, 15) is 0 Å². The van der Waals surface area contributed by atoms with Gasteiger partial charge in [0.1, 0.15) is 0 Å². The van der Waals surface area contributed by atoms with Crippen LogP contribution in [0.3, 0.4) is 0 Å². The summed E-state index contributed by atoms with van der Waals surface area (Å²) in [5, 5.41) is 1.36. The van der Waals surface area contributed by atoms with E-state index in [-0.39, 0.29) is 0 Å². The molecule has 0 saturated carbocycles. The maximum Gasteiger partial charge on any atom is 0.0457 e. The van der Waals surface area contributed by atoms with Crippen LogP contribution < -0.4 is 0 Å². The maximum atomic E-state index is 3.59. The molecular weight excluding hydrogens is 384 g/mol. The van der Waals surface area contributed by atoms with Crippen LogP contribution in [0.15, 0.2) is 59.2 Å². The molecule has 0 aliphatic carbocycles. The van der Waals surface area contributed by atoms with Crippen molar-refractivity contribution in [3.63, 3.8) is 0 Å². The lowest BCUT2D eigenvalue weighted by Gasteiger charge is -2.32. The third kappa shape index (κ3) is 4.21. The molecule has 3 aromatic rings. The first kappa shape index (κ1) is 17.8. The Labute approximate surface area is 164 Å². The molecule has 0 spiro atoms. The van der Waals surface area contributed by atoms with Crippen LogP contribution in [-0.2, 0) is 6.42 Å². The number of hydrogen-bond donors (Lipinski definition) is 1. The summed E-state index contributed by atoms with van der Waals surface area (Å²) in [6, 6.07) is 17.5. The lowest BCUT2D eigenvalue weighted by atomic mass is 9.89. The number of hydrogen-bond acceptors (Lipinski definition) is 1. The first-order chi connectivity index (χ1) is 12.8. The summed E-state index contributed by atoms with van der Waals surface area (Å²) in [5.74, 6) is 0.761. The van der Waals surface area contributed by atoms with Crippen LogP contribution in [0.4, 0.5) is 0 Å². The number of aromatic nitrogens is 1. The number of benzene rings is 2. The molecule has 0 radical (unpaired) electrons. The molecule has 2 heterocycles. The van der Waals surface area contributed by atoms with Crippen molar-refractivity contribution in [3.8, 4) is 0 Å². The second kappa shape index (κ2) is 8.41. The molecule has 26 heavy (non-hydrogen) atoms. The van der Waals surface area contributed by atoms with E-state index < -0.39 is 0 Å². The van der Waals surface area contributed by atoms with Crippen molar-refractivity contribution < 1.29 is 0 Å². The van der Waals surface area contributed by atoms with Crippen LogP contribution >= 0.6 is 15.9 Å². The molecule has 1 aromatic heterocycles. The summed E-state index contributed by atoms with van der Waals surface area (Å²) >= 11 is 3.59. The largest absolute Gasteiger partial charge is 0.361 e. The molecule has 0 atom stereocenters. The zero-order chi connectivity index (χ0) is 17.8. The van der Waals surface area contributed by atoms with Crippen LogP contribution in [-0.4, -0.2) is 29.5 Å². The van der Waals surface area contributed by atoms with Gasteiger partial charge in [0.25, 0.3) is 0 Å². The van der Waals surface area contributed by atoms with Crippen molar-refractivity contribution in [3.05, 3.63) is 70.3 Å². The summed E-state index contributed by atoms with van der Waals surface area (Å²) in [4.78, 5) is 6.05. The average molecular weight is 411 g/mol. The maximum absolute atomic E-state index is 3.59. The lowest BCUT2D eigenvalue weighted by molar-refractivity contribution is 0.209. The molecule has 1 fully saturated rings. The number of fused-ring (bicyclic) bond motifs is 1. The molecule has 1 aliphatic rings. The van der Waals surface area contributed by atoms with Crippen molar-refractivity contribution in [1.29, 1.82) is 0 Å². The first-order valence-electron chi connectivity index (χ1n) is 9.82. The van der Waals surface area contributed by atoms with Gasteiger partial charge < -0.3 is 9.88 Å². The smallest absolute Gasteiger partial charge is 0.0457 e. The molecule has 136 valence electrons. The van der Waals surface area contributed by atoms with Gasteiger partial charge in [-0.05, 0) is 87.0 Å². The third-order valence-corrected chi connectivity index (χ3v) is 6.25. The van der Waals surface area contributed by atoms with E-state index >= 15 is 0 Å². The average Bonchev–Trinajstić information content (AvgIpc) is 3.08. The molecule has 4 rings (SSSR count). The number of aromatic amines is 1. The predicted molar refractivity (Wildman–Crippen MR) is 114 cm³/mol. The van der Waals surface area contributed by atoms with Crippen LogP contribution in [0.5, 0.6) is 0 Å². The highest BCUT2D eigenvalue weighted by molar-refractivity contribution is 9.10.